The van der Waals surface area contributed by atoms with Gasteiger partial charge in [0.1, 0.15) is 10.5 Å². The average molecular weight is 388 g/mol. The van der Waals surface area contributed by atoms with Gasteiger partial charge in [-0.25, -0.2) is 9.37 Å². The van der Waals surface area contributed by atoms with Crippen molar-refractivity contribution in [1.82, 2.24) is 9.55 Å². The number of fused-ring (bicyclic) bond motifs is 1. The second-order valence-electron chi connectivity index (χ2n) is 5.98. The summed E-state index contributed by atoms with van der Waals surface area (Å²) < 4.78 is 15.1. The summed E-state index contributed by atoms with van der Waals surface area (Å²) in [5, 5.41) is 4.56. The van der Waals surface area contributed by atoms with E-state index in [0.29, 0.717) is 34.9 Å². The van der Waals surface area contributed by atoms with Crippen LogP contribution in [0.4, 0.5) is 16.0 Å². The molecule has 0 bridgehead atoms. The molecule has 3 rings (SSSR count). The molecule has 0 fully saturated rings. The van der Waals surface area contributed by atoms with Gasteiger partial charge in [0.25, 0.3) is 5.56 Å². The number of aromatic nitrogens is 2. The van der Waals surface area contributed by atoms with Gasteiger partial charge in [-0.05, 0) is 49.6 Å². The zero-order valence-electron chi connectivity index (χ0n) is 15.2. The van der Waals surface area contributed by atoms with Crippen LogP contribution in [0.15, 0.2) is 40.5 Å². The van der Waals surface area contributed by atoms with Gasteiger partial charge >= 0.3 is 0 Å². The van der Waals surface area contributed by atoms with Crippen LogP contribution in [-0.4, -0.2) is 28.5 Å². The van der Waals surface area contributed by atoms with Crippen molar-refractivity contribution >= 4 is 39.1 Å². The Morgan fingerprint density at radius 2 is 1.93 bits per heavy atom. The molecule has 1 N–H and O–H groups in total. The van der Waals surface area contributed by atoms with Crippen molar-refractivity contribution < 1.29 is 9.18 Å². The van der Waals surface area contributed by atoms with Gasteiger partial charge < -0.3 is 10.2 Å². The van der Waals surface area contributed by atoms with Gasteiger partial charge in [0.2, 0.25) is 11.9 Å². The Kier molecular flexibility index (Phi) is 5.85. The van der Waals surface area contributed by atoms with Crippen LogP contribution in [0.25, 0.3) is 10.2 Å². The zero-order chi connectivity index (χ0) is 19.4. The highest BCUT2D eigenvalue weighted by molar-refractivity contribution is 7.17. The highest BCUT2D eigenvalue weighted by Crippen LogP contribution is 2.19. The normalized spacial score (nSPS) is 10.9. The summed E-state index contributed by atoms with van der Waals surface area (Å²) in [5.41, 5.74) is 1.06. The third-order valence-electron chi connectivity index (χ3n) is 4.28. The van der Waals surface area contributed by atoms with Gasteiger partial charge in [-0.15, -0.1) is 11.3 Å². The van der Waals surface area contributed by atoms with Gasteiger partial charge in [-0.2, -0.15) is 0 Å². The number of benzene rings is 1. The van der Waals surface area contributed by atoms with Crippen LogP contribution in [0.5, 0.6) is 0 Å². The van der Waals surface area contributed by atoms with Crippen LogP contribution in [0.1, 0.15) is 20.3 Å². The molecule has 0 saturated heterocycles. The number of hydrogen-bond donors (Lipinski definition) is 1. The Balaban J connectivity index is 1.83. The van der Waals surface area contributed by atoms with Gasteiger partial charge in [0.05, 0.1) is 5.52 Å². The second kappa shape index (κ2) is 8.30. The molecule has 8 heteroatoms. The monoisotopic (exact) mass is 388 g/mol. The molecule has 27 heavy (non-hydrogen) atoms. The van der Waals surface area contributed by atoms with E-state index < -0.39 is 0 Å². The maximum atomic E-state index is 13.0. The summed E-state index contributed by atoms with van der Waals surface area (Å²) in [6.45, 7) is 5.64. The first kappa shape index (κ1) is 19.0. The van der Waals surface area contributed by atoms with E-state index in [1.165, 1.54) is 35.6 Å². The Labute approximate surface area is 160 Å². The third kappa shape index (κ3) is 4.16. The number of anilines is 2. The number of nitrogens with zero attached hydrogens (tertiary/aromatic N) is 3. The highest BCUT2D eigenvalue weighted by Gasteiger charge is 2.17. The first-order valence-electron chi connectivity index (χ1n) is 8.81. The lowest BCUT2D eigenvalue weighted by Crippen LogP contribution is -2.33. The molecule has 0 atom stereocenters. The number of carbonyl (C=O) groups is 1. The second-order valence-corrected chi connectivity index (χ2v) is 6.90. The van der Waals surface area contributed by atoms with Crippen molar-refractivity contribution in [2.45, 2.75) is 26.8 Å². The van der Waals surface area contributed by atoms with E-state index in [-0.39, 0.29) is 30.2 Å². The summed E-state index contributed by atoms with van der Waals surface area (Å²) in [6, 6.07) is 7.40. The number of halogens is 1. The maximum absolute atomic E-state index is 13.0. The highest BCUT2D eigenvalue weighted by atomic mass is 32.1. The molecule has 0 saturated carbocycles. The number of rotatable bonds is 7. The zero-order valence-corrected chi connectivity index (χ0v) is 16.1. The van der Waals surface area contributed by atoms with E-state index in [0.717, 1.165) is 0 Å². The third-order valence-corrected chi connectivity index (χ3v) is 5.17. The molecular formula is C19H21FN4O2S. The van der Waals surface area contributed by atoms with Crippen molar-refractivity contribution in [3.05, 3.63) is 51.9 Å². The predicted octanol–water partition coefficient (Wildman–Crippen LogP) is 3.47. The summed E-state index contributed by atoms with van der Waals surface area (Å²) >= 11 is 1.35. The molecule has 3 aromatic rings. The van der Waals surface area contributed by atoms with Gasteiger partial charge in [0, 0.05) is 31.7 Å². The lowest BCUT2D eigenvalue weighted by molar-refractivity contribution is -0.116. The van der Waals surface area contributed by atoms with Crippen molar-refractivity contribution in [3.8, 4) is 0 Å². The Morgan fingerprint density at radius 1 is 1.22 bits per heavy atom. The number of amides is 1. The molecule has 0 aliphatic rings. The SMILES string of the molecule is CCN(CC)c1nc2ccsc2c(=O)n1CCC(=O)Nc1ccc(F)cc1. The Hall–Kier alpha value is -2.74. The minimum absolute atomic E-state index is 0.115. The quantitative estimate of drug-likeness (QED) is 0.673. The van der Waals surface area contributed by atoms with Crippen LogP contribution in [0.3, 0.4) is 0 Å². The number of thiophene rings is 1. The molecule has 0 spiro atoms. The largest absolute Gasteiger partial charge is 0.343 e. The fourth-order valence-electron chi connectivity index (χ4n) is 2.85. The van der Waals surface area contributed by atoms with Gasteiger partial charge in [-0.3, -0.25) is 14.2 Å². The summed E-state index contributed by atoms with van der Waals surface area (Å²) in [5.74, 6) is -0.0329. The number of hydrogen-bond acceptors (Lipinski definition) is 5. The molecular weight excluding hydrogens is 367 g/mol. The maximum Gasteiger partial charge on any atom is 0.272 e. The van der Waals surface area contributed by atoms with Crippen molar-refractivity contribution in [3.63, 3.8) is 0 Å². The first-order valence-corrected chi connectivity index (χ1v) is 9.69. The minimum atomic E-state index is -0.362. The fourth-order valence-corrected chi connectivity index (χ4v) is 3.63. The van der Waals surface area contributed by atoms with Crippen molar-refractivity contribution in [2.24, 2.45) is 0 Å². The first-order chi connectivity index (χ1) is 13.0. The van der Waals surface area contributed by atoms with E-state index in [1.807, 2.05) is 30.2 Å². The van der Waals surface area contributed by atoms with E-state index in [4.69, 9.17) is 0 Å². The molecule has 1 aromatic carbocycles. The van der Waals surface area contributed by atoms with Crippen LogP contribution < -0.4 is 15.8 Å². The molecule has 0 radical (unpaired) electrons. The van der Waals surface area contributed by atoms with E-state index in [1.54, 1.807) is 4.57 Å². The molecule has 2 aromatic heterocycles. The van der Waals surface area contributed by atoms with Crippen molar-refractivity contribution in [2.75, 3.05) is 23.3 Å². The van der Waals surface area contributed by atoms with Crippen LogP contribution in [0.2, 0.25) is 0 Å². The van der Waals surface area contributed by atoms with E-state index >= 15 is 0 Å². The van der Waals surface area contributed by atoms with Crippen molar-refractivity contribution in [1.29, 1.82) is 0 Å². The number of carbonyl (C=O) groups excluding carboxylic acids is 1. The molecule has 2 heterocycles. The smallest absolute Gasteiger partial charge is 0.272 e. The average Bonchev–Trinajstić information content (AvgIpc) is 3.13. The van der Waals surface area contributed by atoms with Gasteiger partial charge in [0.15, 0.2) is 0 Å². The molecule has 6 nitrogen and oxygen atoms in total. The van der Waals surface area contributed by atoms with E-state index in [2.05, 4.69) is 10.3 Å². The minimum Gasteiger partial charge on any atom is -0.343 e. The lowest BCUT2D eigenvalue weighted by Gasteiger charge is -2.23. The summed E-state index contributed by atoms with van der Waals surface area (Å²) in [4.78, 5) is 31.8. The Bertz CT molecular complexity index is 993. The van der Waals surface area contributed by atoms with Crippen LogP contribution in [-0.2, 0) is 11.3 Å². The Morgan fingerprint density at radius 3 is 2.59 bits per heavy atom. The molecule has 0 aliphatic carbocycles. The van der Waals surface area contributed by atoms with E-state index in [9.17, 15) is 14.0 Å². The van der Waals surface area contributed by atoms with Crippen LogP contribution >= 0.6 is 11.3 Å². The predicted molar refractivity (Wildman–Crippen MR) is 107 cm³/mol. The summed E-state index contributed by atoms with van der Waals surface area (Å²) in [7, 11) is 0. The fraction of sp³-hybridized carbons (Fsp3) is 0.316. The molecule has 0 aliphatic heterocycles. The standard InChI is InChI=1S/C19H21FN4O2S/c1-3-23(4-2)19-22-15-10-12-27-17(15)18(26)24(19)11-9-16(25)21-14-7-5-13(20)6-8-14/h5-8,10,12H,3-4,9,11H2,1-2H3,(H,21,25). The lowest BCUT2D eigenvalue weighted by atomic mass is 10.3. The van der Waals surface area contributed by atoms with Gasteiger partial charge in [-0.1, -0.05) is 0 Å². The number of nitrogens with one attached hydrogen (secondary N) is 1. The summed E-state index contributed by atoms with van der Waals surface area (Å²) in [6.07, 6.45) is 0.115. The van der Waals surface area contributed by atoms with Crippen LogP contribution in [0, 0.1) is 5.82 Å². The molecule has 0 unspecified atom stereocenters. The topological polar surface area (TPSA) is 67.2 Å². The molecule has 142 valence electrons. The molecule has 1 amide bonds.